The first-order valence-electron chi connectivity index (χ1n) is 7.24. The molecule has 2 fully saturated rings. The van der Waals surface area contributed by atoms with Gasteiger partial charge < -0.3 is 0 Å². The third-order valence-electron chi connectivity index (χ3n) is 4.60. The van der Waals surface area contributed by atoms with E-state index in [9.17, 15) is 17.6 Å². The smallest absolute Gasteiger partial charge is 0.266 e. The molecule has 1 saturated carbocycles. The van der Waals surface area contributed by atoms with E-state index in [0.29, 0.717) is 6.42 Å². The molecular formula is C15H18FNO3S. The van der Waals surface area contributed by atoms with Crippen LogP contribution in [0.15, 0.2) is 29.2 Å². The highest BCUT2D eigenvalue weighted by atomic mass is 32.2. The summed E-state index contributed by atoms with van der Waals surface area (Å²) in [6.45, 7) is 0.269. The van der Waals surface area contributed by atoms with Crippen molar-refractivity contribution >= 4 is 15.9 Å². The second kappa shape index (κ2) is 5.09. The fourth-order valence-corrected chi connectivity index (χ4v) is 4.96. The van der Waals surface area contributed by atoms with Gasteiger partial charge in [0.15, 0.2) is 0 Å². The van der Waals surface area contributed by atoms with E-state index in [0.717, 1.165) is 48.5 Å². The molecule has 1 aliphatic heterocycles. The van der Waals surface area contributed by atoms with Crippen molar-refractivity contribution in [2.45, 2.75) is 43.4 Å². The third-order valence-corrected chi connectivity index (χ3v) is 6.38. The van der Waals surface area contributed by atoms with Crippen molar-refractivity contribution in [2.75, 3.05) is 6.54 Å². The molecule has 114 valence electrons. The largest absolute Gasteiger partial charge is 0.274 e. The van der Waals surface area contributed by atoms with E-state index in [2.05, 4.69) is 0 Å². The zero-order chi connectivity index (χ0) is 15.1. The first-order chi connectivity index (χ1) is 9.93. The van der Waals surface area contributed by atoms with E-state index in [4.69, 9.17) is 0 Å². The van der Waals surface area contributed by atoms with Gasteiger partial charge in [-0.25, -0.2) is 17.1 Å². The number of hydrogen-bond donors (Lipinski definition) is 0. The van der Waals surface area contributed by atoms with Gasteiger partial charge in [-0.15, -0.1) is 0 Å². The van der Waals surface area contributed by atoms with E-state index in [1.165, 1.54) is 12.1 Å². The van der Waals surface area contributed by atoms with Crippen LogP contribution in [0.1, 0.15) is 38.5 Å². The molecule has 0 radical (unpaired) electrons. The van der Waals surface area contributed by atoms with E-state index < -0.39 is 15.8 Å². The van der Waals surface area contributed by atoms with Gasteiger partial charge >= 0.3 is 0 Å². The van der Waals surface area contributed by atoms with E-state index in [-0.39, 0.29) is 22.8 Å². The topological polar surface area (TPSA) is 54.5 Å². The molecular weight excluding hydrogens is 293 g/mol. The van der Waals surface area contributed by atoms with Crippen molar-refractivity contribution in [1.82, 2.24) is 4.31 Å². The van der Waals surface area contributed by atoms with Crippen LogP contribution in [0.5, 0.6) is 0 Å². The zero-order valence-corrected chi connectivity index (χ0v) is 12.5. The molecule has 21 heavy (non-hydrogen) atoms. The number of sulfonamides is 1. The molecule has 1 saturated heterocycles. The zero-order valence-electron chi connectivity index (χ0n) is 11.7. The molecule has 1 aliphatic carbocycles. The minimum Gasteiger partial charge on any atom is -0.274 e. The second-order valence-electron chi connectivity index (χ2n) is 6.10. The summed E-state index contributed by atoms with van der Waals surface area (Å²) in [4.78, 5) is 12.2. The highest BCUT2D eigenvalue weighted by Crippen LogP contribution is 2.45. The van der Waals surface area contributed by atoms with E-state index in [1.807, 2.05) is 0 Å². The summed E-state index contributed by atoms with van der Waals surface area (Å²) in [6.07, 6.45) is 5.39. The molecule has 1 aromatic carbocycles. The fraction of sp³-hybridized carbons (Fsp3) is 0.533. The second-order valence-corrected chi connectivity index (χ2v) is 7.96. The van der Waals surface area contributed by atoms with Gasteiger partial charge in [0.2, 0.25) is 5.91 Å². The van der Waals surface area contributed by atoms with Gasteiger partial charge in [0, 0.05) is 13.0 Å². The Kier molecular flexibility index (Phi) is 3.51. The molecule has 0 bridgehead atoms. The molecule has 1 amide bonds. The highest BCUT2D eigenvalue weighted by molar-refractivity contribution is 7.89. The lowest BCUT2D eigenvalue weighted by Gasteiger charge is -2.32. The van der Waals surface area contributed by atoms with Crippen LogP contribution in [0.4, 0.5) is 4.39 Å². The predicted octanol–water partition coefficient (Wildman–Crippen LogP) is 2.70. The van der Waals surface area contributed by atoms with Gasteiger partial charge in [-0.2, -0.15) is 0 Å². The Balaban J connectivity index is 1.89. The normalized spacial score (nSPS) is 22.0. The van der Waals surface area contributed by atoms with Crippen LogP contribution < -0.4 is 0 Å². The Morgan fingerprint density at radius 3 is 2.29 bits per heavy atom. The number of carbonyl (C=O) groups excluding carboxylic acids is 1. The van der Waals surface area contributed by atoms with Crippen molar-refractivity contribution < 1.29 is 17.6 Å². The van der Waals surface area contributed by atoms with Crippen molar-refractivity contribution in [2.24, 2.45) is 5.41 Å². The van der Waals surface area contributed by atoms with Crippen molar-refractivity contribution in [3.63, 3.8) is 0 Å². The molecule has 6 heteroatoms. The van der Waals surface area contributed by atoms with Gasteiger partial charge in [-0.1, -0.05) is 19.3 Å². The number of nitrogens with zero attached hydrogens (tertiary/aromatic N) is 1. The van der Waals surface area contributed by atoms with Gasteiger partial charge in [-0.3, -0.25) is 4.79 Å². The summed E-state index contributed by atoms with van der Waals surface area (Å²) in [5.41, 5.74) is -0.178. The number of hydrogen-bond acceptors (Lipinski definition) is 3. The van der Waals surface area contributed by atoms with Gasteiger partial charge in [-0.05, 0) is 42.5 Å². The minimum atomic E-state index is -3.86. The SMILES string of the molecule is O=C1CC2(CCCCC2)CN1S(=O)(=O)c1ccc(F)cc1. The van der Waals surface area contributed by atoms with Crippen LogP contribution in [0, 0.1) is 11.2 Å². The van der Waals surface area contributed by atoms with Gasteiger partial charge in [0.25, 0.3) is 10.0 Å². The Morgan fingerprint density at radius 1 is 1.05 bits per heavy atom. The van der Waals surface area contributed by atoms with Crippen LogP contribution >= 0.6 is 0 Å². The Hall–Kier alpha value is -1.43. The standard InChI is InChI=1S/C15H18FNO3S/c16-12-4-6-13(7-5-12)21(19,20)17-11-15(10-14(17)18)8-2-1-3-9-15/h4-7H,1-3,8-11H2. The number of carbonyl (C=O) groups is 1. The maximum atomic E-state index is 12.9. The molecule has 0 aromatic heterocycles. The van der Waals surface area contributed by atoms with Crippen LogP contribution in [-0.4, -0.2) is 25.2 Å². The fourth-order valence-electron chi connectivity index (χ4n) is 3.45. The molecule has 1 spiro atoms. The monoisotopic (exact) mass is 311 g/mol. The predicted molar refractivity (Wildman–Crippen MR) is 75.4 cm³/mol. The average molecular weight is 311 g/mol. The van der Waals surface area contributed by atoms with Gasteiger partial charge in [0.05, 0.1) is 4.90 Å². The van der Waals surface area contributed by atoms with Crippen LogP contribution in [-0.2, 0) is 14.8 Å². The van der Waals surface area contributed by atoms with Gasteiger partial charge in [0.1, 0.15) is 5.82 Å². The summed E-state index contributed by atoms with van der Waals surface area (Å²) in [5, 5.41) is 0. The molecule has 4 nitrogen and oxygen atoms in total. The summed E-state index contributed by atoms with van der Waals surface area (Å²) >= 11 is 0. The molecule has 0 atom stereocenters. The minimum absolute atomic E-state index is 0.0230. The van der Waals surface area contributed by atoms with Crippen LogP contribution in [0.3, 0.4) is 0 Å². The Morgan fingerprint density at radius 2 is 1.67 bits per heavy atom. The molecule has 3 rings (SSSR count). The molecule has 0 N–H and O–H groups in total. The lowest BCUT2D eigenvalue weighted by Crippen LogP contribution is -2.35. The Bertz CT molecular complexity index is 648. The summed E-state index contributed by atoms with van der Waals surface area (Å²) in [6, 6.07) is 4.63. The first kappa shape index (κ1) is 14.5. The lowest BCUT2D eigenvalue weighted by atomic mass is 9.73. The van der Waals surface area contributed by atoms with Crippen molar-refractivity contribution in [3.05, 3.63) is 30.1 Å². The summed E-state index contributed by atoms with van der Waals surface area (Å²) < 4.78 is 39.1. The van der Waals surface area contributed by atoms with E-state index in [1.54, 1.807) is 0 Å². The molecule has 1 aromatic rings. The number of rotatable bonds is 2. The Labute approximate surface area is 124 Å². The maximum absolute atomic E-state index is 12.9. The lowest BCUT2D eigenvalue weighted by molar-refractivity contribution is -0.124. The van der Waals surface area contributed by atoms with Crippen LogP contribution in [0.2, 0.25) is 0 Å². The van der Waals surface area contributed by atoms with Crippen LogP contribution in [0.25, 0.3) is 0 Å². The highest BCUT2D eigenvalue weighted by Gasteiger charge is 2.47. The van der Waals surface area contributed by atoms with Crippen molar-refractivity contribution in [3.8, 4) is 0 Å². The molecule has 1 heterocycles. The number of amides is 1. The first-order valence-corrected chi connectivity index (χ1v) is 8.68. The number of halogens is 1. The van der Waals surface area contributed by atoms with E-state index >= 15 is 0 Å². The summed E-state index contributed by atoms with van der Waals surface area (Å²) in [7, 11) is -3.86. The number of benzene rings is 1. The maximum Gasteiger partial charge on any atom is 0.266 e. The van der Waals surface area contributed by atoms with Crippen molar-refractivity contribution in [1.29, 1.82) is 0 Å². The molecule has 0 unspecified atom stereocenters. The quantitative estimate of drug-likeness (QED) is 0.844. The third kappa shape index (κ3) is 2.57. The molecule has 2 aliphatic rings. The average Bonchev–Trinajstić information content (AvgIpc) is 2.77. The summed E-state index contributed by atoms with van der Waals surface area (Å²) in [5.74, 6) is -0.827.